The molecule has 2 N–H and O–H groups in total. The first kappa shape index (κ1) is 12.0. The van der Waals surface area contributed by atoms with Gasteiger partial charge in [0.25, 0.3) is 0 Å². The summed E-state index contributed by atoms with van der Waals surface area (Å²) in [7, 11) is 0. The number of ether oxygens (including phenoxy) is 1. The van der Waals surface area contributed by atoms with Crippen LogP contribution in [0.1, 0.15) is 52.9 Å². The first-order valence-electron chi connectivity index (χ1n) is 5.91. The van der Waals surface area contributed by atoms with Crippen LogP contribution in [0, 0.1) is 5.92 Å². The Kier molecular flexibility index (Phi) is 4.39. The Hall–Kier alpha value is -0.0800. The van der Waals surface area contributed by atoms with E-state index in [1.54, 1.807) is 0 Å². The molecular formula is C12H25NO. The molecule has 0 aromatic carbocycles. The number of hydrogen-bond acceptors (Lipinski definition) is 2. The third-order valence-corrected chi connectivity index (χ3v) is 3.00. The normalized spacial score (nSPS) is 29.1. The lowest BCUT2D eigenvalue weighted by Gasteiger charge is -2.30. The maximum Gasteiger partial charge on any atom is 0.0644 e. The average Bonchev–Trinajstić information content (AvgIpc) is 2.14. The van der Waals surface area contributed by atoms with Gasteiger partial charge in [-0.15, -0.1) is 0 Å². The standard InChI is InChI=1S/C12H25NO/c1-4-10-6-5-7-11(8-10)14-9-12(2,3)13/h10-11H,4-9,13H2,1-3H3. The molecule has 1 fully saturated rings. The zero-order valence-electron chi connectivity index (χ0n) is 9.88. The molecule has 1 saturated carbocycles. The minimum Gasteiger partial charge on any atom is -0.376 e. The Balaban J connectivity index is 2.24. The molecule has 2 nitrogen and oxygen atoms in total. The van der Waals surface area contributed by atoms with Crippen molar-refractivity contribution in [3.63, 3.8) is 0 Å². The molecule has 1 rings (SSSR count). The van der Waals surface area contributed by atoms with Gasteiger partial charge in [-0.25, -0.2) is 0 Å². The lowest BCUT2D eigenvalue weighted by atomic mass is 9.85. The van der Waals surface area contributed by atoms with Crippen molar-refractivity contribution < 1.29 is 4.74 Å². The summed E-state index contributed by atoms with van der Waals surface area (Å²) < 4.78 is 5.85. The molecule has 2 heteroatoms. The molecule has 0 spiro atoms. The van der Waals surface area contributed by atoms with Crippen molar-refractivity contribution in [2.75, 3.05) is 6.61 Å². The highest BCUT2D eigenvalue weighted by Crippen LogP contribution is 2.28. The smallest absolute Gasteiger partial charge is 0.0644 e. The summed E-state index contributed by atoms with van der Waals surface area (Å²) in [5, 5.41) is 0. The molecule has 2 unspecified atom stereocenters. The van der Waals surface area contributed by atoms with Crippen LogP contribution >= 0.6 is 0 Å². The molecule has 1 aliphatic carbocycles. The average molecular weight is 199 g/mol. The molecule has 0 aliphatic heterocycles. The molecule has 0 saturated heterocycles. The molecule has 0 bridgehead atoms. The van der Waals surface area contributed by atoms with Gasteiger partial charge in [0.1, 0.15) is 0 Å². The zero-order valence-corrected chi connectivity index (χ0v) is 9.88. The molecule has 84 valence electrons. The van der Waals surface area contributed by atoms with E-state index in [4.69, 9.17) is 10.5 Å². The monoisotopic (exact) mass is 199 g/mol. The van der Waals surface area contributed by atoms with Gasteiger partial charge in [-0.2, -0.15) is 0 Å². The molecule has 0 aromatic heterocycles. The Morgan fingerprint density at radius 3 is 2.64 bits per heavy atom. The summed E-state index contributed by atoms with van der Waals surface area (Å²) in [4.78, 5) is 0. The van der Waals surface area contributed by atoms with Crippen LogP contribution in [0.5, 0.6) is 0 Å². The van der Waals surface area contributed by atoms with Gasteiger partial charge in [0, 0.05) is 5.54 Å². The van der Waals surface area contributed by atoms with Gasteiger partial charge < -0.3 is 10.5 Å². The van der Waals surface area contributed by atoms with Crippen LogP contribution in [0.15, 0.2) is 0 Å². The predicted octanol–water partition coefficient (Wildman–Crippen LogP) is 2.71. The minimum atomic E-state index is -0.181. The Bertz CT molecular complexity index is 162. The summed E-state index contributed by atoms with van der Waals surface area (Å²) in [6, 6.07) is 0. The number of nitrogens with two attached hydrogens (primary N) is 1. The Labute approximate surface area is 88.2 Å². The van der Waals surface area contributed by atoms with Gasteiger partial charge in [0.2, 0.25) is 0 Å². The van der Waals surface area contributed by atoms with Crippen LogP contribution in [0.2, 0.25) is 0 Å². The van der Waals surface area contributed by atoms with Crippen LogP contribution in [0.3, 0.4) is 0 Å². The van der Waals surface area contributed by atoms with Gasteiger partial charge in [-0.3, -0.25) is 0 Å². The van der Waals surface area contributed by atoms with E-state index in [9.17, 15) is 0 Å². The second-order valence-electron chi connectivity index (χ2n) is 5.36. The summed E-state index contributed by atoms with van der Waals surface area (Å²) in [6.45, 7) is 7.01. The van der Waals surface area contributed by atoms with E-state index >= 15 is 0 Å². The van der Waals surface area contributed by atoms with E-state index < -0.39 is 0 Å². The third kappa shape index (κ3) is 4.43. The van der Waals surface area contributed by atoms with Gasteiger partial charge in [0.05, 0.1) is 12.7 Å². The van der Waals surface area contributed by atoms with E-state index in [1.165, 1.54) is 32.1 Å². The van der Waals surface area contributed by atoms with Gasteiger partial charge >= 0.3 is 0 Å². The molecule has 2 atom stereocenters. The van der Waals surface area contributed by atoms with Crippen LogP contribution in [0.4, 0.5) is 0 Å². The summed E-state index contributed by atoms with van der Waals surface area (Å²) in [5.74, 6) is 0.884. The second-order valence-corrected chi connectivity index (χ2v) is 5.36. The van der Waals surface area contributed by atoms with Crippen LogP contribution in [0.25, 0.3) is 0 Å². The zero-order chi connectivity index (χ0) is 10.6. The first-order valence-corrected chi connectivity index (χ1v) is 5.91. The van der Waals surface area contributed by atoms with Crippen molar-refractivity contribution in [3.05, 3.63) is 0 Å². The van der Waals surface area contributed by atoms with Crippen LogP contribution in [-0.4, -0.2) is 18.2 Å². The molecule has 0 amide bonds. The van der Waals surface area contributed by atoms with Gasteiger partial charge in [-0.05, 0) is 32.6 Å². The van der Waals surface area contributed by atoms with E-state index in [-0.39, 0.29) is 5.54 Å². The van der Waals surface area contributed by atoms with Crippen molar-refractivity contribution >= 4 is 0 Å². The fraction of sp³-hybridized carbons (Fsp3) is 1.00. The summed E-state index contributed by atoms with van der Waals surface area (Å²) in [6.07, 6.45) is 6.96. The quantitative estimate of drug-likeness (QED) is 0.755. The molecule has 0 heterocycles. The number of hydrogen-bond donors (Lipinski definition) is 1. The predicted molar refractivity (Wildman–Crippen MR) is 60.3 cm³/mol. The second kappa shape index (κ2) is 5.13. The first-order chi connectivity index (χ1) is 6.51. The Morgan fingerprint density at radius 2 is 2.07 bits per heavy atom. The van der Waals surface area contributed by atoms with E-state index in [1.807, 2.05) is 13.8 Å². The fourth-order valence-corrected chi connectivity index (χ4v) is 2.10. The molecular weight excluding hydrogens is 174 g/mol. The Morgan fingerprint density at radius 1 is 1.36 bits per heavy atom. The lowest BCUT2D eigenvalue weighted by molar-refractivity contribution is -0.00657. The SMILES string of the molecule is CCC1CCCC(OCC(C)(C)N)C1. The van der Waals surface area contributed by atoms with Crippen LogP contribution in [-0.2, 0) is 4.74 Å². The van der Waals surface area contributed by atoms with Gasteiger partial charge in [0.15, 0.2) is 0 Å². The topological polar surface area (TPSA) is 35.2 Å². The van der Waals surface area contributed by atoms with E-state index in [2.05, 4.69) is 6.92 Å². The molecule has 14 heavy (non-hydrogen) atoms. The minimum absolute atomic E-state index is 0.181. The van der Waals surface area contributed by atoms with Crippen molar-refractivity contribution in [2.45, 2.75) is 64.5 Å². The van der Waals surface area contributed by atoms with E-state index in [0.717, 1.165) is 5.92 Å². The highest BCUT2D eigenvalue weighted by atomic mass is 16.5. The third-order valence-electron chi connectivity index (χ3n) is 3.00. The molecule has 1 aliphatic rings. The highest BCUT2D eigenvalue weighted by molar-refractivity contribution is 4.76. The number of rotatable bonds is 4. The molecule has 0 radical (unpaired) electrons. The highest BCUT2D eigenvalue weighted by Gasteiger charge is 2.22. The molecule has 0 aromatic rings. The van der Waals surface area contributed by atoms with E-state index in [0.29, 0.717) is 12.7 Å². The van der Waals surface area contributed by atoms with Gasteiger partial charge in [-0.1, -0.05) is 26.2 Å². The van der Waals surface area contributed by atoms with Crippen LogP contribution < -0.4 is 5.73 Å². The summed E-state index contributed by atoms with van der Waals surface area (Å²) in [5.41, 5.74) is 5.71. The van der Waals surface area contributed by atoms with Crippen molar-refractivity contribution in [3.8, 4) is 0 Å². The van der Waals surface area contributed by atoms with Crippen molar-refractivity contribution in [1.29, 1.82) is 0 Å². The fourth-order valence-electron chi connectivity index (χ4n) is 2.10. The maximum absolute atomic E-state index is 5.89. The summed E-state index contributed by atoms with van der Waals surface area (Å²) >= 11 is 0. The van der Waals surface area contributed by atoms with Crippen molar-refractivity contribution in [1.82, 2.24) is 0 Å². The van der Waals surface area contributed by atoms with Crippen molar-refractivity contribution in [2.24, 2.45) is 11.7 Å². The maximum atomic E-state index is 5.89. The largest absolute Gasteiger partial charge is 0.376 e. The lowest BCUT2D eigenvalue weighted by Crippen LogP contribution is -2.39.